The van der Waals surface area contributed by atoms with Crippen molar-refractivity contribution in [3.8, 4) is 17.2 Å². The molecule has 0 radical (unpaired) electrons. The van der Waals surface area contributed by atoms with Crippen molar-refractivity contribution in [1.29, 1.82) is 0 Å². The lowest BCUT2D eigenvalue weighted by atomic mass is 10.1. The highest BCUT2D eigenvalue weighted by Crippen LogP contribution is 2.37. The number of fused-ring (bicyclic) bond motifs is 1. The molecule has 1 atom stereocenters. The molecule has 1 heterocycles. The van der Waals surface area contributed by atoms with Gasteiger partial charge in [0, 0.05) is 19.2 Å². The third kappa shape index (κ3) is 4.51. The molecular formula is C26H23BrClN3O4. The predicted octanol–water partition coefficient (Wildman–Crippen LogP) is 5.65. The van der Waals surface area contributed by atoms with Gasteiger partial charge in [0.25, 0.3) is 11.5 Å². The summed E-state index contributed by atoms with van der Waals surface area (Å²) in [7, 11) is 4.72. The molecule has 3 aromatic carbocycles. The molecule has 0 saturated heterocycles. The van der Waals surface area contributed by atoms with Gasteiger partial charge in [-0.1, -0.05) is 35.9 Å². The van der Waals surface area contributed by atoms with Crippen molar-refractivity contribution in [2.75, 3.05) is 21.3 Å². The summed E-state index contributed by atoms with van der Waals surface area (Å²) in [4.78, 5) is 33.5. The SMILES string of the molecule is COc1cc(OC)c(Br)c(-n2c(C(C)N(C)C(=O)c3ccccc3Cl)nc3ccccc3c2=O)c1. The summed E-state index contributed by atoms with van der Waals surface area (Å²) in [5, 5.41) is 0.790. The van der Waals surface area contributed by atoms with Gasteiger partial charge in [-0.25, -0.2) is 4.98 Å². The van der Waals surface area contributed by atoms with E-state index in [9.17, 15) is 9.59 Å². The maximum atomic E-state index is 13.8. The van der Waals surface area contributed by atoms with Crippen molar-refractivity contribution in [1.82, 2.24) is 14.5 Å². The molecule has 0 aliphatic heterocycles. The van der Waals surface area contributed by atoms with Gasteiger partial charge in [-0.3, -0.25) is 14.2 Å². The van der Waals surface area contributed by atoms with E-state index in [4.69, 9.17) is 26.1 Å². The summed E-state index contributed by atoms with van der Waals surface area (Å²) >= 11 is 9.85. The Hall–Kier alpha value is -3.36. The van der Waals surface area contributed by atoms with Gasteiger partial charge in [-0.05, 0) is 47.1 Å². The van der Waals surface area contributed by atoms with E-state index in [1.165, 1.54) is 23.7 Å². The third-order valence-electron chi connectivity index (χ3n) is 5.87. The Morgan fingerprint density at radius 2 is 1.77 bits per heavy atom. The van der Waals surface area contributed by atoms with Crippen LogP contribution in [0.3, 0.4) is 0 Å². The third-order valence-corrected chi connectivity index (χ3v) is 7.00. The van der Waals surface area contributed by atoms with Gasteiger partial charge in [0.1, 0.15) is 17.3 Å². The number of rotatable bonds is 6. The first-order valence-corrected chi connectivity index (χ1v) is 11.9. The highest BCUT2D eigenvalue weighted by Gasteiger charge is 2.27. The van der Waals surface area contributed by atoms with E-state index < -0.39 is 6.04 Å². The van der Waals surface area contributed by atoms with E-state index >= 15 is 0 Å². The smallest absolute Gasteiger partial charge is 0.266 e. The standard InChI is InChI=1S/C26H23BrClN3O4/c1-15(30(2)25(32)17-9-5-7-11-19(17)28)24-29-20-12-8-6-10-18(20)26(33)31(24)21-13-16(34-3)14-22(35-4)23(21)27/h5-15H,1-4H3. The van der Waals surface area contributed by atoms with E-state index in [1.807, 2.05) is 13.0 Å². The zero-order valence-corrected chi connectivity index (χ0v) is 21.9. The lowest BCUT2D eigenvalue weighted by Gasteiger charge is -2.28. The monoisotopic (exact) mass is 555 g/mol. The van der Waals surface area contributed by atoms with Crippen molar-refractivity contribution < 1.29 is 14.3 Å². The van der Waals surface area contributed by atoms with Crippen molar-refractivity contribution in [2.24, 2.45) is 0 Å². The van der Waals surface area contributed by atoms with Crippen molar-refractivity contribution >= 4 is 44.3 Å². The fourth-order valence-corrected chi connectivity index (χ4v) is 4.61. The van der Waals surface area contributed by atoms with Gasteiger partial charge in [0.2, 0.25) is 0 Å². The molecule has 0 aliphatic carbocycles. The van der Waals surface area contributed by atoms with Crippen molar-refractivity contribution in [2.45, 2.75) is 13.0 Å². The summed E-state index contributed by atoms with van der Waals surface area (Å²) in [5.41, 5.74) is 1.08. The Bertz CT molecular complexity index is 1490. The number of nitrogens with zero attached hydrogens (tertiary/aromatic N) is 3. The Kier molecular flexibility index (Phi) is 7.14. The van der Waals surface area contributed by atoms with Gasteiger partial charge in [-0.2, -0.15) is 0 Å². The number of ether oxygens (including phenoxy) is 2. The zero-order chi connectivity index (χ0) is 25.3. The number of amides is 1. The highest BCUT2D eigenvalue weighted by atomic mass is 79.9. The molecule has 0 saturated carbocycles. The van der Waals surface area contributed by atoms with E-state index in [2.05, 4.69) is 15.9 Å². The van der Waals surface area contributed by atoms with Gasteiger partial charge in [0.05, 0.1) is 51.9 Å². The first-order valence-electron chi connectivity index (χ1n) is 10.7. The fraction of sp³-hybridized carbons (Fsp3) is 0.192. The molecule has 180 valence electrons. The molecule has 1 aromatic heterocycles. The molecule has 9 heteroatoms. The minimum Gasteiger partial charge on any atom is -0.497 e. The number of methoxy groups -OCH3 is 2. The summed E-state index contributed by atoms with van der Waals surface area (Å²) in [5.74, 6) is 1.06. The molecule has 0 fully saturated rings. The minimum atomic E-state index is -0.597. The van der Waals surface area contributed by atoms with Crippen LogP contribution in [-0.2, 0) is 0 Å². The van der Waals surface area contributed by atoms with Crippen molar-refractivity contribution in [3.05, 3.63) is 91.9 Å². The van der Waals surface area contributed by atoms with Crippen LogP contribution in [0.2, 0.25) is 5.02 Å². The summed E-state index contributed by atoms with van der Waals surface area (Å²) in [6.07, 6.45) is 0. The summed E-state index contributed by atoms with van der Waals surface area (Å²) in [6, 6.07) is 16.8. The van der Waals surface area contributed by atoms with Crippen LogP contribution in [0.1, 0.15) is 29.1 Å². The quantitative estimate of drug-likeness (QED) is 0.307. The molecular weight excluding hydrogens is 534 g/mol. The number of para-hydroxylation sites is 1. The van der Waals surface area contributed by atoms with Crippen LogP contribution in [0.15, 0.2) is 69.9 Å². The van der Waals surface area contributed by atoms with Gasteiger partial charge in [0.15, 0.2) is 0 Å². The Morgan fingerprint density at radius 3 is 2.46 bits per heavy atom. The number of hydrogen-bond acceptors (Lipinski definition) is 5. The number of carbonyl (C=O) groups is 1. The van der Waals surface area contributed by atoms with Gasteiger partial charge >= 0.3 is 0 Å². The first-order chi connectivity index (χ1) is 16.8. The molecule has 4 aromatic rings. The molecule has 0 spiro atoms. The van der Waals surface area contributed by atoms with Crippen LogP contribution in [0.5, 0.6) is 11.5 Å². The zero-order valence-electron chi connectivity index (χ0n) is 19.6. The van der Waals surface area contributed by atoms with Crippen molar-refractivity contribution in [3.63, 3.8) is 0 Å². The molecule has 0 aliphatic rings. The number of aromatic nitrogens is 2. The molecule has 35 heavy (non-hydrogen) atoms. The average molecular weight is 557 g/mol. The lowest BCUT2D eigenvalue weighted by Crippen LogP contribution is -2.35. The molecule has 0 N–H and O–H groups in total. The number of benzene rings is 3. The Balaban J connectivity index is 1.97. The number of halogens is 2. The van der Waals surface area contributed by atoms with Crippen LogP contribution in [-0.4, -0.2) is 41.6 Å². The minimum absolute atomic E-state index is 0.285. The normalized spacial score (nSPS) is 11.8. The Labute approximate surface area is 216 Å². The van der Waals surface area contributed by atoms with E-state index in [1.54, 1.807) is 61.6 Å². The summed E-state index contributed by atoms with van der Waals surface area (Å²) < 4.78 is 13.0. The average Bonchev–Trinajstić information content (AvgIpc) is 2.88. The van der Waals surface area contributed by atoms with Crippen LogP contribution in [0.25, 0.3) is 16.6 Å². The maximum Gasteiger partial charge on any atom is 0.266 e. The number of hydrogen-bond donors (Lipinski definition) is 0. The van der Waals surface area contributed by atoms with Crippen LogP contribution < -0.4 is 15.0 Å². The fourth-order valence-electron chi connectivity index (χ4n) is 3.82. The highest BCUT2D eigenvalue weighted by molar-refractivity contribution is 9.10. The molecule has 0 bridgehead atoms. The van der Waals surface area contributed by atoms with Crippen LogP contribution in [0, 0.1) is 0 Å². The molecule has 4 rings (SSSR count). The topological polar surface area (TPSA) is 73.7 Å². The summed E-state index contributed by atoms with van der Waals surface area (Å²) in [6.45, 7) is 1.81. The second kappa shape index (κ2) is 10.1. The first kappa shape index (κ1) is 24.8. The molecule has 7 nitrogen and oxygen atoms in total. The maximum absolute atomic E-state index is 13.8. The second-order valence-electron chi connectivity index (χ2n) is 7.86. The van der Waals surface area contributed by atoms with Crippen LogP contribution >= 0.6 is 27.5 Å². The van der Waals surface area contributed by atoms with E-state index in [0.29, 0.717) is 49.0 Å². The predicted molar refractivity (Wildman–Crippen MR) is 140 cm³/mol. The molecule has 1 amide bonds. The van der Waals surface area contributed by atoms with E-state index in [0.717, 1.165) is 0 Å². The Morgan fingerprint density at radius 1 is 1.09 bits per heavy atom. The second-order valence-corrected chi connectivity index (χ2v) is 9.06. The molecule has 1 unspecified atom stereocenters. The number of carbonyl (C=O) groups excluding carboxylic acids is 1. The lowest BCUT2D eigenvalue weighted by molar-refractivity contribution is 0.0735. The van der Waals surface area contributed by atoms with Crippen LogP contribution in [0.4, 0.5) is 0 Å². The van der Waals surface area contributed by atoms with Gasteiger partial charge < -0.3 is 14.4 Å². The van der Waals surface area contributed by atoms with E-state index in [-0.39, 0.29) is 11.5 Å². The largest absolute Gasteiger partial charge is 0.497 e. The van der Waals surface area contributed by atoms with Gasteiger partial charge in [-0.15, -0.1) is 0 Å².